The summed E-state index contributed by atoms with van der Waals surface area (Å²) < 4.78 is 5.32. The number of rotatable bonds is 6. The maximum absolute atomic E-state index is 12.9. The Morgan fingerprint density at radius 3 is 2.37 bits per heavy atom. The van der Waals surface area contributed by atoms with Crippen LogP contribution >= 0.6 is 0 Å². The number of carbonyl (C=O) groups excluding carboxylic acids is 1. The molecule has 1 fully saturated rings. The second kappa shape index (κ2) is 10.5. The summed E-state index contributed by atoms with van der Waals surface area (Å²) in [5.74, 6) is 2.12. The van der Waals surface area contributed by atoms with Crippen molar-refractivity contribution >= 4 is 29.0 Å². The van der Waals surface area contributed by atoms with Gasteiger partial charge in [0.05, 0.1) is 23.9 Å². The standard InChI is InChI=1S/C30H40N6O2/c1-29(2,3)21-9-14-24(27(37)34(6)7)25(19-21)32-26-15-16-31-28(33-26)35-17-18-36(30(4,5)20-35)22-10-12-23(38-8)13-11-22/h9-16,19H,17-18,20H2,1-8H3,(H,31,32,33). The fraction of sp³-hybridized carbons (Fsp3) is 0.433. The van der Waals surface area contributed by atoms with E-state index < -0.39 is 0 Å². The molecule has 0 atom stereocenters. The van der Waals surface area contributed by atoms with Gasteiger partial charge in [-0.15, -0.1) is 0 Å². The summed E-state index contributed by atoms with van der Waals surface area (Å²) >= 11 is 0. The van der Waals surface area contributed by atoms with Gasteiger partial charge in [0.1, 0.15) is 11.6 Å². The van der Waals surface area contributed by atoms with E-state index in [1.807, 2.05) is 30.3 Å². The highest BCUT2D eigenvalue weighted by Gasteiger charge is 2.35. The Balaban J connectivity index is 1.57. The molecule has 1 amide bonds. The molecule has 1 N–H and O–H groups in total. The fourth-order valence-corrected chi connectivity index (χ4v) is 4.82. The largest absolute Gasteiger partial charge is 0.497 e. The minimum absolute atomic E-state index is 0.0535. The first kappa shape index (κ1) is 27.2. The van der Waals surface area contributed by atoms with Gasteiger partial charge in [-0.3, -0.25) is 4.79 Å². The van der Waals surface area contributed by atoms with E-state index >= 15 is 0 Å². The first-order valence-corrected chi connectivity index (χ1v) is 13.0. The number of carbonyl (C=O) groups is 1. The van der Waals surface area contributed by atoms with Crippen LogP contribution in [0.15, 0.2) is 54.7 Å². The lowest BCUT2D eigenvalue weighted by Crippen LogP contribution is -2.60. The van der Waals surface area contributed by atoms with Crippen molar-refractivity contribution in [2.24, 2.45) is 0 Å². The molecule has 38 heavy (non-hydrogen) atoms. The van der Waals surface area contributed by atoms with E-state index in [-0.39, 0.29) is 16.9 Å². The number of methoxy groups -OCH3 is 1. The van der Waals surface area contributed by atoms with Crippen molar-refractivity contribution in [2.45, 2.75) is 45.6 Å². The van der Waals surface area contributed by atoms with E-state index in [2.05, 4.69) is 72.9 Å². The molecule has 0 spiro atoms. The Bertz CT molecular complexity index is 1280. The molecule has 1 aliphatic rings. The predicted molar refractivity (Wildman–Crippen MR) is 155 cm³/mol. The molecule has 1 aromatic heterocycles. The molecule has 0 bridgehead atoms. The summed E-state index contributed by atoms with van der Waals surface area (Å²) in [4.78, 5) is 28.6. The first-order valence-electron chi connectivity index (χ1n) is 13.0. The van der Waals surface area contributed by atoms with Crippen LogP contribution in [0.1, 0.15) is 50.5 Å². The molecule has 0 unspecified atom stereocenters. The molecule has 2 aromatic carbocycles. The third-order valence-electron chi connectivity index (χ3n) is 7.00. The Labute approximate surface area is 226 Å². The van der Waals surface area contributed by atoms with Crippen molar-refractivity contribution in [3.63, 3.8) is 0 Å². The van der Waals surface area contributed by atoms with Crippen LogP contribution in [0.4, 0.5) is 23.1 Å². The summed E-state index contributed by atoms with van der Waals surface area (Å²) in [6.45, 7) is 13.4. The van der Waals surface area contributed by atoms with Crippen LogP contribution in [0.3, 0.4) is 0 Å². The Kier molecular flexibility index (Phi) is 7.54. The number of hydrogen-bond donors (Lipinski definition) is 1. The third-order valence-corrected chi connectivity index (χ3v) is 7.00. The fourth-order valence-electron chi connectivity index (χ4n) is 4.82. The molecular weight excluding hydrogens is 476 g/mol. The minimum Gasteiger partial charge on any atom is -0.497 e. The van der Waals surface area contributed by atoms with Crippen molar-refractivity contribution in [3.05, 3.63) is 65.9 Å². The lowest BCUT2D eigenvalue weighted by atomic mass is 9.86. The number of amides is 1. The Hall–Kier alpha value is -3.81. The van der Waals surface area contributed by atoms with Gasteiger partial charge < -0.3 is 24.8 Å². The minimum atomic E-state index is -0.133. The molecule has 8 nitrogen and oxygen atoms in total. The van der Waals surface area contributed by atoms with E-state index in [0.717, 1.165) is 36.6 Å². The second-order valence-electron chi connectivity index (χ2n) is 11.7. The van der Waals surface area contributed by atoms with E-state index in [1.54, 1.807) is 32.3 Å². The van der Waals surface area contributed by atoms with Gasteiger partial charge in [-0.05, 0) is 67.3 Å². The van der Waals surface area contributed by atoms with Gasteiger partial charge >= 0.3 is 0 Å². The van der Waals surface area contributed by atoms with E-state index in [4.69, 9.17) is 9.72 Å². The number of ether oxygens (including phenoxy) is 1. The number of nitrogens with one attached hydrogen (secondary N) is 1. The lowest BCUT2D eigenvalue weighted by Gasteiger charge is -2.48. The molecule has 3 aromatic rings. The predicted octanol–water partition coefficient (Wildman–Crippen LogP) is 5.33. The zero-order valence-corrected chi connectivity index (χ0v) is 23.9. The number of aromatic nitrogens is 2. The second-order valence-corrected chi connectivity index (χ2v) is 11.7. The summed E-state index contributed by atoms with van der Waals surface area (Å²) in [5, 5.41) is 3.42. The van der Waals surface area contributed by atoms with Gasteiger partial charge in [0, 0.05) is 45.6 Å². The Morgan fingerprint density at radius 1 is 1.05 bits per heavy atom. The van der Waals surface area contributed by atoms with Gasteiger partial charge in [0.2, 0.25) is 5.95 Å². The number of benzene rings is 2. The molecule has 4 rings (SSSR count). The topological polar surface area (TPSA) is 73.8 Å². The van der Waals surface area contributed by atoms with Crippen LogP contribution in [0.5, 0.6) is 5.75 Å². The van der Waals surface area contributed by atoms with Gasteiger partial charge in [0.25, 0.3) is 5.91 Å². The SMILES string of the molecule is COc1ccc(N2CCN(c3nccc(Nc4cc(C(C)(C)C)ccc4C(=O)N(C)C)n3)CC2(C)C)cc1. The third kappa shape index (κ3) is 5.85. The van der Waals surface area contributed by atoms with Crippen LogP contribution in [0.25, 0.3) is 0 Å². The summed E-state index contributed by atoms with van der Waals surface area (Å²) in [6.07, 6.45) is 1.77. The molecular formula is C30H40N6O2. The summed E-state index contributed by atoms with van der Waals surface area (Å²) in [7, 11) is 5.21. The van der Waals surface area contributed by atoms with Crippen molar-refractivity contribution < 1.29 is 9.53 Å². The first-order chi connectivity index (χ1) is 17.9. The van der Waals surface area contributed by atoms with Crippen LogP contribution in [-0.2, 0) is 5.41 Å². The zero-order valence-electron chi connectivity index (χ0n) is 23.9. The van der Waals surface area contributed by atoms with Crippen LogP contribution in [0.2, 0.25) is 0 Å². The van der Waals surface area contributed by atoms with Crippen LogP contribution < -0.4 is 19.9 Å². The average Bonchev–Trinajstić information content (AvgIpc) is 2.87. The normalized spacial score (nSPS) is 15.3. The Morgan fingerprint density at radius 2 is 1.76 bits per heavy atom. The highest BCUT2D eigenvalue weighted by molar-refractivity contribution is 6.00. The van der Waals surface area contributed by atoms with E-state index in [1.165, 1.54) is 5.69 Å². The number of nitrogens with zero attached hydrogens (tertiary/aromatic N) is 5. The maximum atomic E-state index is 12.9. The molecule has 1 aliphatic heterocycles. The molecule has 0 radical (unpaired) electrons. The lowest BCUT2D eigenvalue weighted by molar-refractivity contribution is 0.0828. The van der Waals surface area contributed by atoms with Gasteiger partial charge in [-0.25, -0.2) is 4.98 Å². The number of hydrogen-bond acceptors (Lipinski definition) is 7. The molecule has 2 heterocycles. The zero-order chi connectivity index (χ0) is 27.7. The van der Waals surface area contributed by atoms with E-state index in [0.29, 0.717) is 17.3 Å². The molecule has 0 saturated carbocycles. The number of anilines is 4. The summed E-state index contributed by atoms with van der Waals surface area (Å²) in [5.41, 5.74) is 3.47. The van der Waals surface area contributed by atoms with E-state index in [9.17, 15) is 4.79 Å². The number of piperazine rings is 1. The molecule has 1 saturated heterocycles. The van der Waals surface area contributed by atoms with Crippen molar-refractivity contribution in [1.82, 2.24) is 14.9 Å². The van der Waals surface area contributed by atoms with Gasteiger partial charge in [-0.2, -0.15) is 4.98 Å². The molecule has 202 valence electrons. The van der Waals surface area contributed by atoms with Crippen molar-refractivity contribution in [2.75, 3.05) is 56.0 Å². The van der Waals surface area contributed by atoms with Crippen molar-refractivity contribution in [3.8, 4) is 5.75 Å². The van der Waals surface area contributed by atoms with Crippen molar-refractivity contribution in [1.29, 1.82) is 0 Å². The average molecular weight is 517 g/mol. The quantitative estimate of drug-likeness (QED) is 0.474. The maximum Gasteiger partial charge on any atom is 0.255 e. The van der Waals surface area contributed by atoms with Gasteiger partial charge in [-0.1, -0.05) is 26.8 Å². The van der Waals surface area contributed by atoms with Crippen LogP contribution in [-0.4, -0.2) is 67.2 Å². The van der Waals surface area contributed by atoms with Crippen LogP contribution in [0, 0.1) is 0 Å². The highest BCUT2D eigenvalue weighted by atomic mass is 16.5. The smallest absolute Gasteiger partial charge is 0.255 e. The molecule has 8 heteroatoms. The summed E-state index contributed by atoms with van der Waals surface area (Å²) in [6, 6.07) is 16.0. The monoisotopic (exact) mass is 516 g/mol. The van der Waals surface area contributed by atoms with Gasteiger partial charge in [0.15, 0.2) is 0 Å². The highest BCUT2D eigenvalue weighted by Crippen LogP contribution is 2.32. The molecule has 0 aliphatic carbocycles.